The summed E-state index contributed by atoms with van der Waals surface area (Å²) in [6.07, 6.45) is 3.37. The van der Waals surface area contributed by atoms with Crippen LogP contribution in [0.4, 0.5) is 5.69 Å². The van der Waals surface area contributed by atoms with Crippen LogP contribution in [0.25, 0.3) is 0 Å². The summed E-state index contributed by atoms with van der Waals surface area (Å²) in [6, 6.07) is 5.83. The lowest BCUT2D eigenvalue weighted by atomic mass is 10.2. The monoisotopic (exact) mass is 256 g/mol. The fourth-order valence-corrected chi connectivity index (χ4v) is 1.54. The van der Waals surface area contributed by atoms with Crippen LogP contribution < -0.4 is 0 Å². The molecule has 1 aliphatic carbocycles. The van der Waals surface area contributed by atoms with Gasteiger partial charge in [0.1, 0.15) is 0 Å². The van der Waals surface area contributed by atoms with Crippen molar-refractivity contribution in [3.8, 4) is 11.8 Å². The molecule has 0 unspecified atom stereocenters. The molecule has 6 heteroatoms. The van der Waals surface area contributed by atoms with E-state index in [0.29, 0.717) is 17.6 Å². The van der Waals surface area contributed by atoms with Crippen molar-refractivity contribution in [2.45, 2.75) is 6.42 Å². The van der Waals surface area contributed by atoms with E-state index in [1.807, 2.05) is 0 Å². The molecule has 0 aliphatic heterocycles. The molecule has 6 nitrogen and oxygen atoms in total. The zero-order valence-electron chi connectivity index (χ0n) is 9.70. The summed E-state index contributed by atoms with van der Waals surface area (Å²) < 4.78 is 0. The van der Waals surface area contributed by atoms with Gasteiger partial charge in [0.2, 0.25) is 0 Å². The molecule has 0 amide bonds. The maximum absolute atomic E-state index is 10.5. The van der Waals surface area contributed by atoms with Gasteiger partial charge in [-0.1, -0.05) is 11.8 Å². The molecule has 1 aromatic rings. The van der Waals surface area contributed by atoms with E-state index in [1.54, 1.807) is 12.1 Å². The van der Waals surface area contributed by atoms with Crippen LogP contribution in [0.1, 0.15) is 12.0 Å². The van der Waals surface area contributed by atoms with E-state index in [0.717, 1.165) is 0 Å². The first-order valence-corrected chi connectivity index (χ1v) is 5.38. The zero-order valence-corrected chi connectivity index (χ0v) is 9.70. The highest BCUT2D eigenvalue weighted by Crippen LogP contribution is 2.17. The maximum Gasteiger partial charge on any atom is 0.269 e. The van der Waals surface area contributed by atoms with Crippen molar-refractivity contribution in [1.82, 2.24) is 0 Å². The van der Waals surface area contributed by atoms with E-state index in [4.69, 9.17) is 0 Å². The van der Waals surface area contributed by atoms with Gasteiger partial charge >= 0.3 is 0 Å². The lowest BCUT2D eigenvalue weighted by Crippen LogP contribution is -1.91. The molecule has 1 aromatic carbocycles. The topological polar surface area (TPSA) is 86.3 Å². The van der Waals surface area contributed by atoms with Gasteiger partial charge in [0, 0.05) is 35.8 Å². The highest BCUT2D eigenvalue weighted by atomic mass is 16.6. The summed E-state index contributed by atoms with van der Waals surface area (Å²) >= 11 is 0. The van der Waals surface area contributed by atoms with E-state index < -0.39 is 9.85 Å². The van der Waals surface area contributed by atoms with Gasteiger partial charge in [0.25, 0.3) is 11.4 Å². The first kappa shape index (κ1) is 12.5. The van der Waals surface area contributed by atoms with E-state index >= 15 is 0 Å². The Morgan fingerprint density at radius 2 is 1.68 bits per heavy atom. The predicted octanol–water partition coefficient (Wildman–Crippen LogP) is 2.44. The third-order valence-electron chi connectivity index (χ3n) is 2.51. The summed E-state index contributed by atoms with van der Waals surface area (Å²) in [7, 11) is 0. The second-order valence-electron chi connectivity index (χ2n) is 3.81. The summed E-state index contributed by atoms with van der Waals surface area (Å²) in [5, 5.41) is 21.0. The molecule has 0 bridgehead atoms. The van der Waals surface area contributed by atoms with Gasteiger partial charge in [-0.3, -0.25) is 20.2 Å². The Morgan fingerprint density at radius 1 is 1.00 bits per heavy atom. The van der Waals surface area contributed by atoms with Crippen LogP contribution in [0.2, 0.25) is 0 Å². The molecule has 1 aliphatic rings. The second kappa shape index (κ2) is 5.14. The lowest BCUT2D eigenvalue weighted by Gasteiger charge is -1.91. The number of hydrogen-bond donors (Lipinski definition) is 0. The van der Waals surface area contributed by atoms with Crippen LogP contribution in [0.15, 0.2) is 47.7 Å². The van der Waals surface area contributed by atoms with Crippen molar-refractivity contribution in [1.29, 1.82) is 0 Å². The Bertz CT molecular complexity index is 660. The summed E-state index contributed by atoms with van der Waals surface area (Å²) in [5.74, 6) is 5.63. The number of hydrogen-bond acceptors (Lipinski definition) is 4. The highest BCUT2D eigenvalue weighted by molar-refractivity contribution is 5.47. The summed E-state index contributed by atoms with van der Waals surface area (Å²) in [4.78, 5) is 20.0. The predicted molar refractivity (Wildman–Crippen MR) is 67.8 cm³/mol. The van der Waals surface area contributed by atoms with Crippen LogP contribution in [0.3, 0.4) is 0 Å². The summed E-state index contributed by atoms with van der Waals surface area (Å²) in [6.45, 7) is 0. The Morgan fingerprint density at radius 3 is 2.21 bits per heavy atom. The van der Waals surface area contributed by atoms with Crippen LogP contribution in [-0.2, 0) is 0 Å². The number of rotatable bonds is 2. The van der Waals surface area contributed by atoms with Crippen LogP contribution in [0.5, 0.6) is 0 Å². The van der Waals surface area contributed by atoms with Crippen molar-refractivity contribution < 1.29 is 9.85 Å². The maximum atomic E-state index is 10.5. The van der Waals surface area contributed by atoms with Crippen LogP contribution >= 0.6 is 0 Å². The average molecular weight is 256 g/mol. The molecule has 19 heavy (non-hydrogen) atoms. The second-order valence-corrected chi connectivity index (χ2v) is 3.81. The van der Waals surface area contributed by atoms with E-state index in [-0.39, 0.29) is 11.4 Å². The number of nitro groups is 2. The van der Waals surface area contributed by atoms with Crippen molar-refractivity contribution in [2.75, 3.05) is 0 Å². The third kappa shape index (κ3) is 3.04. The number of benzene rings is 1. The van der Waals surface area contributed by atoms with Gasteiger partial charge < -0.3 is 0 Å². The SMILES string of the molecule is O=[N+]([O-])C1=CCC(C#Cc2ccc([N+](=O)[O-])cc2)=C1. The molecule has 94 valence electrons. The minimum absolute atomic E-state index is 0.00272. The number of non-ortho nitro benzene ring substituents is 1. The van der Waals surface area contributed by atoms with Gasteiger partial charge in [-0.05, 0) is 18.2 Å². The molecule has 0 spiro atoms. The number of allylic oxidation sites excluding steroid dienone is 3. The minimum atomic E-state index is -0.482. The third-order valence-corrected chi connectivity index (χ3v) is 2.51. The van der Waals surface area contributed by atoms with E-state index in [2.05, 4.69) is 11.8 Å². The smallest absolute Gasteiger partial charge is 0.258 e. The van der Waals surface area contributed by atoms with Crippen molar-refractivity contribution >= 4 is 5.69 Å². The normalized spacial score (nSPS) is 13.1. The van der Waals surface area contributed by atoms with Gasteiger partial charge in [-0.25, -0.2) is 0 Å². The van der Waals surface area contributed by atoms with E-state index in [1.165, 1.54) is 24.3 Å². The van der Waals surface area contributed by atoms with Crippen molar-refractivity contribution in [2.24, 2.45) is 0 Å². The van der Waals surface area contributed by atoms with Gasteiger partial charge in [-0.15, -0.1) is 0 Å². The Hall–Kier alpha value is -2.94. The molecular weight excluding hydrogens is 248 g/mol. The molecule has 0 atom stereocenters. The lowest BCUT2D eigenvalue weighted by molar-refractivity contribution is -0.418. The largest absolute Gasteiger partial charge is 0.269 e. The average Bonchev–Trinajstić information content (AvgIpc) is 2.86. The Kier molecular flexibility index (Phi) is 3.39. The molecule has 0 N–H and O–H groups in total. The fraction of sp³-hybridized carbons (Fsp3) is 0.0769. The Balaban J connectivity index is 2.11. The molecule has 0 heterocycles. The van der Waals surface area contributed by atoms with Crippen molar-refractivity contribution in [3.05, 3.63) is 73.5 Å². The standard InChI is InChI=1S/C13H8N2O4/c16-14(17)12-6-3-10(4-7-12)1-2-11-5-8-13(9-11)15(18)19/h3-4,6-9H,5H2. The van der Waals surface area contributed by atoms with E-state index in [9.17, 15) is 20.2 Å². The minimum Gasteiger partial charge on any atom is -0.258 e. The Labute approximate surface area is 108 Å². The van der Waals surface area contributed by atoms with Gasteiger partial charge in [0.15, 0.2) is 0 Å². The molecular formula is C13H8N2O4. The molecule has 0 aromatic heterocycles. The summed E-state index contributed by atoms with van der Waals surface area (Å²) in [5.41, 5.74) is 1.34. The zero-order chi connectivity index (χ0) is 13.8. The molecule has 0 radical (unpaired) electrons. The first-order chi connectivity index (χ1) is 9.06. The fourth-order valence-electron chi connectivity index (χ4n) is 1.54. The molecule has 0 fully saturated rings. The molecule has 2 rings (SSSR count). The van der Waals surface area contributed by atoms with Gasteiger partial charge in [-0.2, -0.15) is 0 Å². The quantitative estimate of drug-likeness (QED) is 0.462. The molecule has 0 saturated carbocycles. The number of nitrogens with zero attached hydrogens (tertiary/aromatic N) is 2. The highest BCUT2D eigenvalue weighted by Gasteiger charge is 2.13. The first-order valence-electron chi connectivity index (χ1n) is 5.38. The van der Waals surface area contributed by atoms with Crippen LogP contribution in [-0.4, -0.2) is 9.85 Å². The van der Waals surface area contributed by atoms with Crippen molar-refractivity contribution in [3.63, 3.8) is 0 Å². The number of nitro benzene ring substituents is 1. The molecule has 0 saturated heterocycles. The van der Waals surface area contributed by atoms with Crippen LogP contribution in [0, 0.1) is 32.1 Å². The van der Waals surface area contributed by atoms with Gasteiger partial charge in [0.05, 0.1) is 9.85 Å².